The summed E-state index contributed by atoms with van der Waals surface area (Å²) in [7, 11) is 1.32. The number of nitrogens with zero attached hydrogens (tertiary/aromatic N) is 2. The largest absolute Gasteiger partial charge is 0.473 e. The Morgan fingerprint density at radius 2 is 1.83 bits per heavy atom. The maximum atomic E-state index is 12.5. The van der Waals surface area contributed by atoms with E-state index in [9.17, 15) is 18.0 Å². The number of rotatable bonds is 1. The molecule has 1 fully saturated rings. The first-order valence-corrected chi connectivity index (χ1v) is 5.54. The molecule has 0 aromatic rings. The van der Waals surface area contributed by atoms with Crippen LogP contribution in [-0.2, 0) is 4.74 Å². The Kier molecular flexibility index (Phi) is 4.12. The fraction of sp³-hybridized carbons (Fsp3) is 0.900. The molecule has 8 heteroatoms. The molecule has 106 valence electrons. The third kappa shape index (κ3) is 4.34. The van der Waals surface area contributed by atoms with E-state index in [1.807, 2.05) is 0 Å². The molecule has 1 atom stereocenters. The highest BCUT2D eigenvalue weighted by atomic mass is 19.4. The first-order chi connectivity index (χ1) is 7.99. The van der Waals surface area contributed by atoms with Gasteiger partial charge in [0.25, 0.3) is 0 Å². The number of amides is 1. The molecular formula is C10H18F3N3O2. The van der Waals surface area contributed by atoms with Crippen LogP contribution in [0.25, 0.3) is 0 Å². The van der Waals surface area contributed by atoms with Gasteiger partial charge in [-0.3, -0.25) is 0 Å². The Balaban J connectivity index is 2.50. The smallest absolute Gasteiger partial charge is 0.444 e. The molecule has 0 aromatic carbocycles. The summed E-state index contributed by atoms with van der Waals surface area (Å²) < 4.78 is 42.6. The van der Waals surface area contributed by atoms with Gasteiger partial charge >= 0.3 is 12.4 Å². The van der Waals surface area contributed by atoms with Crippen molar-refractivity contribution in [2.75, 3.05) is 20.1 Å². The molecule has 1 heterocycles. The van der Waals surface area contributed by atoms with Crippen LogP contribution in [0.15, 0.2) is 0 Å². The van der Waals surface area contributed by atoms with E-state index in [2.05, 4.69) is 5.32 Å². The van der Waals surface area contributed by atoms with Gasteiger partial charge in [0.2, 0.25) is 0 Å². The normalized spacial score (nSPS) is 23.2. The number of ether oxygens (including phenoxy) is 1. The van der Waals surface area contributed by atoms with Crippen LogP contribution in [0.2, 0.25) is 0 Å². The van der Waals surface area contributed by atoms with Gasteiger partial charge in [0.05, 0.1) is 6.04 Å². The van der Waals surface area contributed by atoms with Crippen molar-refractivity contribution in [3.05, 3.63) is 0 Å². The van der Waals surface area contributed by atoms with Crippen molar-refractivity contribution in [2.45, 2.75) is 38.7 Å². The number of carbonyl (C=O) groups is 1. The topological polar surface area (TPSA) is 44.8 Å². The third-order valence-electron chi connectivity index (χ3n) is 2.30. The summed E-state index contributed by atoms with van der Waals surface area (Å²) in [5.74, 6) is 0. The van der Waals surface area contributed by atoms with E-state index < -0.39 is 24.0 Å². The van der Waals surface area contributed by atoms with Crippen LogP contribution in [0.4, 0.5) is 18.0 Å². The van der Waals surface area contributed by atoms with E-state index in [1.165, 1.54) is 7.05 Å². The molecule has 1 aliphatic heterocycles. The fourth-order valence-corrected chi connectivity index (χ4v) is 1.69. The maximum Gasteiger partial charge on any atom is 0.473 e. The summed E-state index contributed by atoms with van der Waals surface area (Å²) in [5.41, 5.74) is -0.668. The SMILES string of the molecule is CN1CC(NC(=O)OC(C)(C)C)CN1C(F)(F)F. The standard InChI is InChI=1S/C10H18F3N3O2/c1-9(2,3)18-8(17)14-7-5-15(4)16(6-7)10(11,12)13/h7H,5-6H2,1-4H3,(H,14,17). The van der Waals surface area contributed by atoms with Gasteiger partial charge in [-0.25, -0.2) is 9.80 Å². The van der Waals surface area contributed by atoms with Gasteiger partial charge in [-0.1, -0.05) is 0 Å². The number of nitrogens with one attached hydrogen (secondary N) is 1. The molecule has 0 radical (unpaired) electrons. The van der Waals surface area contributed by atoms with Gasteiger partial charge in [-0.2, -0.15) is 13.2 Å². The molecule has 1 rings (SSSR count). The van der Waals surface area contributed by atoms with Crippen LogP contribution in [0.5, 0.6) is 0 Å². The minimum Gasteiger partial charge on any atom is -0.444 e. The van der Waals surface area contributed by atoms with E-state index in [4.69, 9.17) is 4.74 Å². The van der Waals surface area contributed by atoms with Crippen molar-refractivity contribution in [1.29, 1.82) is 0 Å². The monoisotopic (exact) mass is 269 g/mol. The molecule has 0 spiro atoms. The van der Waals surface area contributed by atoms with Gasteiger partial charge in [0, 0.05) is 20.1 Å². The molecule has 5 nitrogen and oxygen atoms in total. The Bertz CT molecular complexity index is 314. The third-order valence-corrected chi connectivity index (χ3v) is 2.30. The highest BCUT2D eigenvalue weighted by Crippen LogP contribution is 2.26. The predicted octanol–water partition coefficient (Wildman–Crippen LogP) is 1.56. The van der Waals surface area contributed by atoms with Crippen molar-refractivity contribution in [2.24, 2.45) is 0 Å². The molecule has 18 heavy (non-hydrogen) atoms. The first-order valence-electron chi connectivity index (χ1n) is 5.54. The number of hydrogen-bond donors (Lipinski definition) is 1. The van der Waals surface area contributed by atoms with Gasteiger partial charge in [-0.05, 0) is 20.8 Å². The zero-order chi connectivity index (χ0) is 14.1. The minimum atomic E-state index is -4.43. The van der Waals surface area contributed by atoms with E-state index in [-0.39, 0.29) is 18.1 Å². The average molecular weight is 269 g/mol. The van der Waals surface area contributed by atoms with E-state index in [1.54, 1.807) is 20.8 Å². The lowest BCUT2D eigenvalue weighted by atomic mass is 10.2. The number of alkyl carbamates (subject to hydrolysis) is 1. The summed E-state index contributed by atoms with van der Waals surface area (Å²) in [6, 6.07) is -0.605. The zero-order valence-corrected chi connectivity index (χ0v) is 10.8. The van der Waals surface area contributed by atoms with E-state index in [0.29, 0.717) is 0 Å². The Morgan fingerprint density at radius 1 is 1.28 bits per heavy atom. The summed E-state index contributed by atoms with van der Waals surface area (Å²) >= 11 is 0. The molecule has 1 aliphatic rings. The predicted molar refractivity (Wildman–Crippen MR) is 58.5 cm³/mol. The van der Waals surface area contributed by atoms with Crippen molar-refractivity contribution < 1.29 is 22.7 Å². The van der Waals surface area contributed by atoms with Crippen molar-refractivity contribution >= 4 is 6.09 Å². The number of hydrogen-bond acceptors (Lipinski definition) is 4. The van der Waals surface area contributed by atoms with Crippen LogP contribution in [0.3, 0.4) is 0 Å². The van der Waals surface area contributed by atoms with Gasteiger partial charge in [0.15, 0.2) is 0 Å². The van der Waals surface area contributed by atoms with Crippen molar-refractivity contribution in [3.8, 4) is 0 Å². The number of alkyl halides is 3. The average Bonchev–Trinajstić information content (AvgIpc) is 2.41. The first kappa shape index (κ1) is 15.0. The molecule has 1 N–H and O–H groups in total. The molecular weight excluding hydrogens is 251 g/mol. The molecule has 0 saturated carbocycles. The highest BCUT2D eigenvalue weighted by Gasteiger charge is 2.45. The van der Waals surface area contributed by atoms with E-state index >= 15 is 0 Å². The molecule has 1 amide bonds. The van der Waals surface area contributed by atoms with Crippen LogP contribution < -0.4 is 5.32 Å². The highest BCUT2D eigenvalue weighted by molar-refractivity contribution is 5.68. The second-order valence-electron chi connectivity index (χ2n) is 5.23. The van der Waals surface area contributed by atoms with Crippen LogP contribution >= 0.6 is 0 Å². The summed E-state index contributed by atoms with van der Waals surface area (Å²) in [4.78, 5) is 11.4. The molecule has 0 aromatic heterocycles. The minimum absolute atomic E-state index is 0.0960. The van der Waals surface area contributed by atoms with Crippen molar-refractivity contribution in [1.82, 2.24) is 15.3 Å². The second-order valence-corrected chi connectivity index (χ2v) is 5.23. The Morgan fingerprint density at radius 3 is 2.22 bits per heavy atom. The number of likely N-dealkylation sites (N-methyl/N-ethyl adjacent to an activating group) is 1. The summed E-state index contributed by atoms with van der Waals surface area (Å²) in [6.45, 7) is 4.86. The second kappa shape index (κ2) is 4.93. The molecule has 0 aliphatic carbocycles. The van der Waals surface area contributed by atoms with Gasteiger partial charge in [-0.15, -0.1) is 5.01 Å². The number of halogens is 3. The van der Waals surface area contributed by atoms with Gasteiger partial charge < -0.3 is 10.1 Å². The lowest BCUT2D eigenvalue weighted by Crippen LogP contribution is -2.45. The van der Waals surface area contributed by atoms with Crippen LogP contribution in [-0.4, -0.2) is 54.2 Å². The summed E-state index contributed by atoms with van der Waals surface area (Å²) in [6.07, 6.45) is -5.14. The zero-order valence-electron chi connectivity index (χ0n) is 10.8. The quantitative estimate of drug-likeness (QED) is 0.734. The van der Waals surface area contributed by atoms with Crippen LogP contribution in [0, 0.1) is 0 Å². The Hall–Kier alpha value is -1.02. The lowest BCUT2D eigenvalue weighted by Gasteiger charge is -2.25. The number of hydrazine groups is 1. The maximum absolute atomic E-state index is 12.5. The molecule has 1 saturated heterocycles. The van der Waals surface area contributed by atoms with Crippen LogP contribution in [0.1, 0.15) is 20.8 Å². The summed E-state index contributed by atoms with van der Waals surface area (Å²) in [5, 5.41) is 3.71. The molecule has 1 unspecified atom stereocenters. The molecule has 0 bridgehead atoms. The lowest BCUT2D eigenvalue weighted by molar-refractivity contribution is -0.294. The van der Waals surface area contributed by atoms with Crippen molar-refractivity contribution in [3.63, 3.8) is 0 Å². The number of carbonyl (C=O) groups excluding carboxylic acids is 1. The van der Waals surface area contributed by atoms with Gasteiger partial charge in [0.1, 0.15) is 5.60 Å². The van der Waals surface area contributed by atoms with E-state index in [0.717, 1.165) is 5.01 Å². The fourth-order valence-electron chi connectivity index (χ4n) is 1.69. The Labute approximate surface area is 104 Å².